The van der Waals surface area contributed by atoms with Gasteiger partial charge in [-0.15, -0.1) is 0 Å². The molecule has 1 aliphatic rings. The molecule has 1 atom stereocenters. The lowest BCUT2D eigenvalue weighted by molar-refractivity contribution is -0.126. The van der Waals surface area contributed by atoms with E-state index in [0.717, 1.165) is 24.0 Å². The van der Waals surface area contributed by atoms with Gasteiger partial charge in [-0.2, -0.15) is 5.10 Å². The first kappa shape index (κ1) is 20.1. The predicted octanol–water partition coefficient (Wildman–Crippen LogP) is 3.29. The molecular formula is C22H22ClN5O2. The van der Waals surface area contributed by atoms with Crippen molar-refractivity contribution in [3.8, 4) is 11.3 Å². The summed E-state index contributed by atoms with van der Waals surface area (Å²) in [5.74, 6) is -0.458. The molecule has 2 aromatic heterocycles. The van der Waals surface area contributed by atoms with Crippen LogP contribution in [0, 0.1) is 5.92 Å². The van der Waals surface area contributed by atoms with Crippen LogP contribution in [0.1, 0.15) is 28.9 Å². The summed E-state index contributed by atoms with van der Waals surface area (Å²) in [4.78, 5) is 31.4. The van der Waals surface area contributed by atoms with Crippen LogP contribution in [0.25, 0.3) is 11.3 Å². The zero-order valence-corrected chi connectivity index (χ0v) is 17.1. The molecule has 0 aliphatic carbocycles. The summed E-state index contributed by atoms with van der Waals surface area (Å²) < 4.78 is 0. The maximum atomic E-state index is 12.9. The first-order valence-corrected chi connectivity index (χ1v) is 10.3. The van der Waals surface area contributed by atoms with Gasteiger partial charge in [-0.3, -0.25) is 19.7 Å². The lowest BCUT2D eigenvalue weighted by atomic mass is 9.96. The Morgan fingerprint density at radius 2 is 2.10 bits per heavy atom. The first-order chi connectivity index (χ1) is 14.6. The Bertz CT molecular complexity index is 1040. The van der Waals surface area contributed by atoms with Crippen molar-refractivity contribution in [1.82, 2.24) is 25.4 Å². The Labute approximate surface area is 179 Å². The van der Waals surface area contributed by atoms with Crippen molar-refractivity contribution in [3.63, 3.8) is 0 Å². The average Bonchev–Trinajstić information content (AvgIpc) is 3.29. The van der Waals surface area contributed by atoms with E-state index in [0.29, 0.717) is 36.0 Å². The normalized spacial score (nSPS) is 16.3. The third-order valence-corrected chi connectivity index (χ3v) is 5.62. The van der Waals surface area contributed by atoms with E-state index in [1.165, 1.54) is 0 Å². The molecule has 0 saturated carbocycles. The fourth-order valence-electron chi connectivity index (χ4n) is 3.61. The minimum Gasteiger partial charge on any atom is -0.352 e. The molecule has 1 aliphatic heterocycles. The van der Waals surface area contributed by atoms with Gasteiger partial charge in [0.05, 0.1) is 11.6 Å². The van der Waals surface area contributed by atoms with E-state index in [1.54, 1.807) is 29.4 Å². The minimum absolute atomic E-state index is 0.0620. The Morgan fingerprint density at radius 1 is 1.23 bits per heavy atom. The second kappa shape index (κ2) is 9.09. The fourth-order valence-corrected chi connectivity index (χ4v) is 3.81. The zero-order chi connectivity index (χ0) is 20.9. The van der Waals surface area contributed by atoms with Crippen molar-refractivity contribution in [1.29, 1.82) is 0 Å². The number of piperidine rings is 1. The number of amides is 2. The molecule has 7 nitrogen and oxygen atoms in total. The van der Waals surface area contributed by atoms with Gasteiger partial charge in [0.15, 0.2) is 0 Å². The van der Waals surface area contributed by atoms with Crippen LogP contribution in [0.2, 0.25) is 5.02 Å². The summed E-state index contributed by atoms with van der Waals surface area (Å²) in [7, 11) is 0. The Hall–Kier alpha value is -3.19. The van der Waals surface area contributed by atoms with Crippen molar-refractivity contribution in [2.24, 2.45) is 5.92 Å². The summed E-state index contributed by atoms with van der Waals surface area (Å²) >= 11 is 6.15. The molecular weight excluding hydrogens is 402 g/mol. The number of hydrogen-bond acceptors (Lipinski definition) is 4. The van der Waals surface area contributed by atoms with E-state index in [9.17, 15) is 9.59 Å². The minimum atomic E-state index is -0.245. The summed E-state index contributed by atoms with van der Waals surface area (Å²) in [6.45, 7) is 1.38. The van der Waals surface area contributed by atoms with Gasteiger partial charge in [0, 0.05) is 42.6 Å². The molecule has 154 valence electrons. The van der Waals surface area contributed by atoms with E-state index >= 15 is 0 Å². The summed E-state index contributed by atoms with van der Waals surface area (Å²) in [5, 5.41) is 10.6. The van der Waals surface area contributed by atoms with Crippen LogP contribution in [0.4, 0.5) is 0 Å². The van der Waals surface area contributed by atoms with Gasteiger partial charge in [0.1, 0.15) is 5.69 Å². The molecule has 8 heteroatoms. The summed E-state index contributed by atoms with van der Waals surface area (Å²) in [6.07, 6.45) is 4.92. The number of benzene rings is 1. The highest BCUT2D eigenvalue weighted by molar-refractivity contribution is 6.31. The Balaban J connectivity index is 1.37. The topological polar surface area (TPSA) is 91.0 Å². The van der Waals surface area contributed by atoms with Crippen LogP contribution in [-0.2, 0) is 11.3 Å². The monoisotopic (exact) mass is 423 g/mol. The van der Waals surface area contributed by atoms with Gasteiger partial charge in [-0.05, 0) is 42.7 Å². The van der Waals surface area contributed by atoms with Crippen molar-refractivity contribution >= 4 is 23.4 Å². The maximum absolute atomic E-state index is 12.9. The molecule has 0 spiro atoms. The number of likely N-dealkylation sites (tertiary alicyclic amines) is 1. The zero-order valence-electron chi connectivity index (χ0n) is 16.3. The fraction of sp³-hybridized carbons (Fsp3) is 0.273. The van der Waals surface area contributed by atoms with Crippen LogP contribution >= 0.6 is 11.6 Å². The number of carbonyl (C=O) groups is 2. The molecule has 4 rings (SSSR count). The molecule has 3 aromatic rings. The number of nitrogens with one attached hydrogen (secondary N) is 2. The first-order valence-electron chi connectivity index (χ1n) is 9.88. The molecule has 2 amide bonds. The van der Waals surface area contributed by atoms with E-state index < -0.39 is 0 Å². The number of aromatic nitrogens is 3. The highest BCUT2D eigenvalue weighted by atomic mass is 35.5. The molecule has 3 heterocycles. The molecule has 2 N–H and O–H groups in total. The summed E-state index contributed by atoms with van der Waals surface area (Å²) in [6, 6.07) is 12.9. The van der Waals surface area contributed by atoms with Crippen LogP contribution in [0.3, 0.4) is 0 Å². The lowest BCUT2D eigenvalue weighted by Crippen LogP contribution is -2.45. The van der Waals surface area contributed by atoms with Crippen LogP contribution in [0.15, 0.2) is 54.9 Å². The molecule has 1 unspecified atom stereocenters. The standard InChI is InChI=1S/C22H22ClN5O2/c23-18-8-2-1-5-15(18)13-25-21(29)17-7-4-10-28(14-17)22(30)20-11-19(26-27-20)16-6-3-9-24-12-16/h1-3,5-6,8-9,11-12,17H,4,7,10,13-14H2,(H,25,29)(H,26,27). The van der Waals surface area contributed by atoms with Crippen molar-refractivity contribution in [3.05, 3.63) is 71.1 Å². The number of aromatic amines is 1. The summed E-state index contributed by atoms with van der Waals surface area (Å²) in [5.41, 5.74) is 2.78. The highest BCUT2D eigenvalue weighted by Gasteiger charge is 2.29. The number of carbonyl (C=O) groups excluding carboxylic acids is 2. The van der Waals surface area contributed by atoms with Crippen LogP contribution < -0.4 is 5.32 Å². The van der Waals surface area contributed by atoms with E-state index in [2.05, 4.69) is 20.5 Å². The van der Waals surface area contributed by atoms with Gasteiger partial charge in [-0.1, -0.05) is 29.8 Å². The largest absolute Gasteiger partial charge is 0.352 e. The highest BCUT2D eigenvalue weighted by Crippen LogP contribution is 2.21. The van der Waals surface area contributed by atoms with Gasteiger partial charge < -0.3 is 10.2 Å². The number of nitrogens with zero attached hydrogens (tertiary/aromatic N) is 3. The SMILES string of the molecule is O=C(NCc1ccccc1Cl)C1CCCN(C(=O)c2cc(-c3cccnc3)n[nH]2)C1. The van der Waals surface area contributed by atoms with E-state index in [1.807, 2.05) is 30.3 Å². The molecule has 0 bridgehead atoms. The molecule has 0 radical (unpaired) electrons. The molecule has 1 fully saturated rings. The quantitative estimate of drug-likeness (QED) is 0.658. The Kier molecular flexibility index (Phi) is 6.09. The van der Waals surface area contributed by atoms with E-state index in [-0.39, 0.29) is 17.7 Å². The van der Waals surface area contributed by atoms with Crippen LogP contribution in [-0.4, -0.2) is 45.0 Å². The number of H-pyrrole nitrogens is 1. The van der Waals surface area contributed by atoms with Gasteiger partial charge in [0.2, 0.25) is 5.91 Å². The second-order valence-electron chi connectivity index (χ2n) is 7.31. The van der Waals surface area contributed by atoms with Crippen molar-refractivity contribution in [2.75, 3.05) is 13.1 Å². The van der Waals surface area contributed by atoms with Crippen molar-refractivity contribution in [2.45, 2.75) is 19.4 Å². The number of pyridine rings is 1. The second-order valence-corrected chi connectivity index (χ2v) is 7.72. The molecule has 1 saturated heterocycles. The van der Waals surface area contributed by atoms with Crippen LogP contribution in [0.5, 0.6) is 0 Å². The van der Waals surface area contributed by atoms with Gasteiger partial charge >= 0.3 is 0 Å². The smallest absolute Gasteiger partial charge is 0.271 e. The Morgan fingerprint density at radius 3 is 2.90 bits per heavy atom. The average molecular weight is 424 g/mol. The number of hydrogen-bond donors (Lipinski definition) is 2. The molecule has 1 aromatic carbocycles. The predicted molar refractivity (Wildman–Crippen MR) is 114 cm³/mol. The molecule has 30 heavy (non-hydrogen) atoms. The third-order valence-electron chi connectivity index (χ3n) is 5.26. The number of halogens is 1. The van der Waals surface area contributed by atoms with Gasteiger partial charge in [-0.25, -0.2) is 0 Å². The third kappa shape index (κ3) is 4.52. The van der Waals surface area contributed by atoms with E-state index in [4.69, 9.17) is 11.6 Å². The maximum Gasteiger partial charge on any atom is 0.271 e. The van der Waals surface area contributed by atoms with Gasteiger partial charge in [0.25, 0.3) is 5.91 Å². The lowest BCUT2D eigenvalue weighted by Gasteiger charge is -2.31. The van der Waals surface area contributed by atoms with Crippen molar-refractivity contribution < 1.29 is 9.59 Å². The number of rotatable bonds is 5.